The van der Waals surface area contributed by atoms with Gasteiger partial charge >= 0.3 is 0 Å². The van der Waals surface area contributed by atoms with E-state index < -0.39 is 9.84 Å². The molecule has 3 heterocycles. The third kappa shape index (κ3) is 4.12. The zero-order valence-electron chi connectivity index (χ0n) is 14.9. The largest absolute Gasteiger partial charge is 0.353 e. The summed E-state index contributed by atoms with van der Waals surface area (Å²) in [6, 6.07) is 3.48. The normalized spacial score (nSPS) is 23.6. The van der Waals surface area contributed by atoms with Crippen LogP contribution in [0.5, 0.6) is 0 Å². The van der Waals surface area contributed by atoms with Crippen LogP contribution in [0.15, 0.2) is 18.3 Å². The summed E-state index contributed by atoms with van der Waals surface area (Å²) < 4.78 is 23.6. The van der Waals surface area contributed by atoms with Gasteiger partial charge in [0.05, 0.1) is 11.5 Å². The van der Waals surface area contributed by atoms with Gasteiger partial charge in [0.15, 0.2) is 9.84 Å². The van der Waals surface area contributed by atoms with Crippen molar-refractivity contribution in [2.45, 2.75) is 19.4 Å². The van der Waals surface area contributed by atoms with Crippen LogP contribution in [-0.2, 0) is 9.84 Å². The average Bonchev–Trinajstić information content (AvgIpc) is 2.95. The number of amides is 1. The van der Waals surface area contributed by atoms with Gasteiger partial charge in [-0.3, -0.25) is 4.79 Å². The molecule has 138 valence electrons. The number of pyridine rings is 1. The van der Waals surface area contributed by atoms with Crippen LogP contribution in [0.4, 0.5) is 5.82 Å². The molecule has 3 rings (SSSR count). The Morgan fingerprint density at radius 1 is 1.32 bits per heavy atom. The molecule has 2 aliphatic heterocycles. The number of carbonyl (C=O) groups is 1. The number of hydrogen-bond acceptors (Lipinski definition) is 6. The van der Waals surface area contributed by atoms with Crippen molar-refractivity contribution in [3.05, 3.63) is 23.9 Å². The molecule has 0 saturated carbocycles. The van der Waals surface area contributed by atoms with Crippen molar-refractivity contribution < 1.29 is 13.2 Å². The maximum atomic E-state index is 12.8. The number of anilines is 1. The molecule has 0 N–H and O–H groups in total. The standard InChI is InChI=1S/C17H26N4O3S/c1-3-21(15-5-11-25(23,24)13-15)16-12-14(4-6-18-16)17(22)20-9-7-19(2)8-10-20/h4,6,12,15H,3,5,7-11,13H2,1-2H3. The van der Waals surface area contributed by atoms with Crippen molar-refractivity contribution in [1.82, 2.24) is 14.8 Å². The third-order valence-electron chi connectivity index (χ3n) is 5.07. The summed E-state index contributed by atoms with van der Waals surface area (Å²) in [5, 5.41) is 0. The number of likely N-dealkylation sites (N-methyl/N-ethyl adjacent to an activating group) is 1. The molecule has 8 heteroatoms. The minimum absolute atomic E-state index is 0.0202. The maximum Gasteiger partial charge on any atom is 0.254 e. The molecule has 25 heavy (non-hydrogen) atoms. The van der Waals surface area contributed by atoms with Crippen molar-refractivity contribution in [2.24, 2.45) is 0 Å². The van der Waals surface area contributed by atoms with Crippen LogP contribution in [0.3, 0.4) is 0 Å². The molecular weight excluding hydrogens is 340 g/mol. The maximum absolute atomic E-state index is 12.8. The topological polar surface area (TPSA) is 73.8 Å². The quantitative estimate of drug-likeness (QED) is 0.772. The van der Waals surface area contributed by atoms with E-state index in [2.05, 4.69) is 16.9 Å². The van der Waals surface area contributed by atoms with E-state index in [4.69, 9.17) is 0 Å². The van der Waals surface area contributed by atoms with Crippen LogP contribution in [0, 0.1) is 0 Å². The summed E-state index contributed by atoms with van der Waals surface area (Å²) in [7, 11) is -0.900. The Morgan fingerprint density at radius 3 is 2.64 bits per heavy atom. The van der Waals surface area contributed by atoms with Crippen molar-refractivity contribution in [3.63, 3.8) is 0 Å². The Morgan fingerprint density at radius 2 is 2.04 bits per heavy atom. The zero-order chi connectivity index (χ0) is 18.0. The second kappa shape index (κ2) is 7.29. The number of sulfone groups is 1. The summed E-state index contributed by atoms with van der Waals surface area (Å²) in [5.41, 5.74) is 0.619. The molecule has 2 saturated heterocycles. The number of aromatic nitrogens is 1. The summed E-state index contributed by atoms with van der Waals surface area (Å²) in [4.78, 5) is 23.2. The van der Waals surface area contributed by atoms with Gasteiger partial charge in [-0.05, 0) is 32.5 Å². The van der Waals surface area contributed by atoms with Gasteiger partial charge < -0.3 is 14.7 Å². The summed E-state index contributed by atoms with van der Waals surface area (Å²) in [6.07, 6.45) is 2.26. The molecule has 1 unspecified atom stereocenters. The predicted molar refractivity (Wildman–Crippen MR) is 97.7 cm³/mol. The number of rotatable bonds is 4. The minimum atomic E-state index is -2.96. The summed E-state index contributed by atoms with van der Waals surface area (Å²) in [5.74, 6) is 1.10. The van der Waals surface area contributed by atoms with Gasteiger partial charge in [0.1, 0.15) is 5.82 Å². The van der Waals surface area contributed by atoms with Crippen LogP contribution < -0.4 is 4.90 Å². The molecule has 1 amide bonds. The smallest absolute Gasteiger partial charge is 0.254 e. The van der Waals surface area contributed by atoms with E-state index in [0.29, 0.717) is 24.3 Å². The Labute approximate surface area is 149 Å². The molecule has 2 aliphatic rings. The molecule has 0 aromatic carbocycles. The van der Waals surface area contributed by atoms with Crippen molar-refractivity contribution in [3.8, 4) is 0 Å². The molecular formula is C17H26N4O3S. The molecule has 0 aliphatic carbocycles. The molecule has 1 atom stereocenters. The van der Waals surface area contributed by atoms with E-state index in [0.717, 1.165) is 26.2 Å². The Balaban J connectivity index is 1.77. The molecule has 0 spiro atoms. The van der Waals surface area contributed by atoms with Crippen LogP contribution in [0.25, 0.3) is 0 Å². The molecule has 0 bridgehead atoms. The second-order valence-corrected chi connectivity index (χ2v) is 9.07. The van der Waals surface area contributed by atoms with Crippen molar-refractivity contribution in [2.75, 3.05) is 56.2 Å². The highest BCUT2D eigenvalue weighted by Crippen LogP contribution is 2.23. The van der Waals surface area contributed by atoms with E-state index in [1.54, 1.807) is 18.3 Å². The van der Waals surface area contributed by atoms with Crippen LogP contribution in [0.1, 0.15) is 23.7 Å². The summed E-state index contributed by atoms with van der Waals surface area (Å²) in [6.45, 7) is 5.87. The van der Waals surface area contributed by atoms with Gasteiger partial charge in [-0.1, -0.05) is 0 Å². The van der Waals surface area contributed by atoms with Gasteiger partial charge in [-0.2, -0.15) is 0 Å². The fourth-order valence-electron chi connectivity index (χ4n) is 3.53. The fourth-order valence-corrected chi connectivity index (χ4v) is 5.26. The first-order valence-corrected chi connectivity index (χ1v) is 10.6. The van der Waals surface area contributed by atoms with Crippen LogP contribution >= 0.6 is 0 Å². The average molecular weight is 366 g/mol. The lowest BCUT2D eigenvalue weighted by Gasteiger charge is -2.33. The number of carbonyl (C=O) groups excluding carboxylic acids is 1. The predicted octanol–water partition coefficient (Wildman–Crippen LogP) is 0.483. The van der Waals surface area contributed by atoms with E-state index >= 15 is 0 Å². The molecule has 0 radical (unpaired) electrons. The van der Waals surface area contributed by atoms with Gasteiger partial charge in [-0.15, -0.1) is 0 Å². The SMILES string of the molecule is CCN(c1cc(C(=O)N2CCN(C)CC2)ccn1)C1CCS(=O)(=O)C1. The highest BCUT2D eigenvalue weighted by Gasteiger charge is 2.32. The Hall–Kier alpha value is -1.67. The third-order valence-corrected chi connectivity index (χ3v) is 6.82. The van der Waals surface area contributed by atoms with E-state index in [9.17, 15) is 13.2 Å². The lowest BCUT2D eigenvalue weighted by atomic mass is 10.1. The number of hydrogen-bond donors (Lipinski definition) is 0. The van der Waals surface area contributed by atoms with Crippen molar-refractivity contribution in [1.29, 1.82) is 0 Å². The first-order valence-electron chi connectivity index (χ1n) is 8.80. The van der Waals surface area contributed by atoms with Crippen LogP contribution in [0.2, 0.25) is 0 Å². The first kappa shape index (κ1) is 18.1. The summed E-state index contributed by atoms with van der Waals surface area (Å²) >= 11 is 0. The Kier molecular flexibility index (Phi) is 5.29. The molecule has 1 aromatic rings. The molecule has 2 fully saturated rings. The lowest BCUT2D eigenvalue weighted by Crippen LogP contribution is -2.47. The Bertz CT molecular complexity index is 729. The van der Waals surface area contributed by atoms with E-state index in [1.807, 2.05) is 16.7 Å². The minimum Gasteiger partial charge on any atom is -0.353 e. The second-order valence-electron chi connectivity index (χ2n) is 6.84. The molecule has 7 nitrogen and oxygen atoms in total. The number of nitrogens with zero attached hydrogens (tertiary/aromatic N) is 4. The lowest BCUT2D eigenvalue weighted by molar-refractivity contribution is 0.0664. The van der Waals surface area contributed by atoms with Gasteiger partial charge in [0.25, 0.3) is 5.91 Å². The van der Waals surface area contributed by atoms with Crippen LogP contribution in [-0.4, -0.2) is 86.4 Å². The van der Waals surface area contributed by atoms with Gasteiger partial charge in [0, 0.05) is 50.5 Å². The van der Waals surface area contributed by atoms with Gasteiger partial charge in [-0.25, -0.2) is 13.4 Å². The zero-order valence-corrected chi connectivity index (χ0v) is 15.7. The number of piperazine rings is 1. The van der Waals surface area contributed by atoms with E-state index in [-0.39, 0.29) is 23.5 Å². The van der Waals surface area contributed by atoms with Crippen molar-refractivity contribution >= 4 is 21.6 Å². The van der Waals surface area contributed by atoms with Gasteiger partial charge in [0.2, 0.25) is 0 Å². The van der Waals surface area contributed by atoms with E-state index in [1.165, 1.54) is 0 Å². The highest BCUT2D eigenvalue weighted by atomic mass is 32.2. The first-order chi connectivity index (χ1) is 11.9. The molecule has 1 aromatic heterocycles. The monoisotopic (exact) mass is 366 g/mol. The fraction of sp³-hybridized carbons (Fsp3) is 0.647. The highest BCUT2D eigenvalue weighted by molar-refractivity contribution is 7.91.